The number of aryl methyl sites for hydroxylation is 1. The fraction of sp³-hybridized carbons (Fsp3) is 0.692. The van der Waals surface area contributed by atoms with E-state index in [0.29, 0.717) is 24.1 Å². The number of phenolic OH excluding ortho intramolecular Hbond substituents is 1. The summed E-state index contributed by atoms with van der Waals surface area (Å²) in [4.78, 5) is 26.9. The van der Waals surface area contributed by atoms with Gasteiger partial charge in [-0.3, -0.25) is 9.59 Å². The molecule has 1 amide bonds. The Morgan fingerprint density at radius 2 is 2.09 bits per heavy atom. The molecule has 5 atom stereocenters. The number of amides is 1. The Bertz CT molecular complexity index is 999. The maximum absolute atomic E-state index is 12.4. The summed E-state index contributed by atoms with van der Waals surface area (Å²) in [5.74, 6) is 0.907. The molecule has 2 aliphatic carbocycles. The molecule has 0 radical (unpaired) electrons. The number of esters is 1. The minimum Gasteiger partial charge on any atom is -0.504 e. The highest BCUT2D eigenvalue weighted by molar-refractivity contribution is 5.74. The topological polar surface area (TPSA) is 88.1 Å². The molecule has 1 aromatic rings. The van der Waals surface area contributed by atoms with Gasteiger partial charge in [0.05, 0.1) is 6.04 Å². The van der Waals surface area contributed by atoms with Crippen molar-refractivity contribution in [3.8, 4) is 11.5 Å². The number of nitrogens with one attached hydrogen (secondary N) is 1. The van der Waals surface area contributed by atoms with Crippen molar-refractivity contribution in [3.05, 3.63) is 22.8 Å². The lowest BCUT2D eigenvalue weighted by molar-refractivity contribution is -0.154. The summed E-state index contributed by atoms with van der Waals surface area (Å²) in [6, 6.07) is 2.12. The normalized spacial score (nSPS) is 32.0. The quantitative estimate of drug-likeness (QED) is 0.678. The van der Waals surface area contributed by atoms with Gasteiger partial charge in [0.2, 0.25) is 5.91 Å². The Labute approximate surface area is 195 Å². The number of phenols is 1. The van der Waals surface area contributed by atoms with E-state index < -0.39 is 5.60 Å². The second kappa shape index (κ2) is 7.62. The number of carbonyl (C=O) groups excluding carboxylic acids is 2. The van der Waals surface area contributed by atoms with Crippen LogP contribution in [0.15, 0.2) is 6.07 Å². The van der Waals surface area contributed by atoms with Gasteiger partial charge >= 0.3 is 5.97 Å². The minimum absolute atomic E-state index is 0.0443. The number of piperidine rings is 1. The maximum atomic E-state index is 12.4. The number of rotatable bonds is 4. The van der Waals surface area contributed by atoms with E-state index in [1.54, 1.807) is 13.0 Å². The average molecular weight is 457 g/mol. The minimum atomic E-state index is -0.515. The second-order valence-electron chi connectivity index (χ2n) is 11.4. The van der Waals surface area contributed by atoms with Crippen LogP contribution in [0, 0.1) is 5.92 Å². The molecule has 1 saturated heterocycles. The van der Waals surface area contributed by atoms with Gasteiger partial charge in [-0.05, 0) is 89.6 Å². The first-order chi connectivity index (χ1) is 15.5. The van der Waals surface area contributed by atoms with Crippen molar-refractivity contribution in [2.75, 3.05) is 13.6 Å². The van der Waals surface area contributed by atoms with Crippen molar-refractivity contribution in [2.24, 2.45) is 5.92 Å². The summed E-state index contributed by atoms with van der Waals surface area (Å²) in [6.45, 7) is 8.15. The Balaban J connectivity index is 1.56. The maximum Gasteiger partial charge on any atom is 0.306 e. The molecule has 1 aromatic carbocycles. The zero-order chi connectivity index (χ0) is 23.7. The molecule has 1 unspecified atom stereocenters. The Morgan fingerprint density at radius 1 is 1.33 bits per heavy atom. The van der Waals surface area contributed by atoms with Gasteiger partial charge in [0, 0.05) is 30.4 Å². The molecule has 0 aromatic heterocycles. The lowest BCUT2D eigenvalue weighted by Gasteiger charge is -2.59. The molecule has 4 aliphatic rings. The highest BCUT2D eigenvalue weighted by atomic mass is 16.6. The summed E-state index contributed by atoms with van der Waals surface area (Å²) in [6.07, 6.45) is 4.40. The van der Waals surface area contributed by atoms with E-state index in [1.807, 2.05) is 20.8 Å². The number of carbonyl (C=O) groups is 2. The van der Waals surface area contributed by atoms with Crippen LogP contribution >= 0.6 is 0 Å². The van der Waals surface area contributed by atoms with E-state index in [-0.39, 0.29) is 41.6 Å². The first kappa shape index (κ1) is 22.5. The number of benzene rings is 1. The van der Waals surface area contributed by atoms with E-state index in [2.05, 4.69) is 17.3 Å². The van der Waals surface area contributed by atoms with Gasteiger partial charge in [-0.1, -0.05) is 0 Å². The van der Waals surface area contributed by atoms with Gasteiger partial charge in [0.25, 0.3) is 0 Å². The fourth-order valence-corrected chi connectivity index (χ4v) is 7.16. The number of ether oxygens (including phenoxy) is 2. The number of likely N-dealkylation sites (N-methyl/N-ethyl adjacent to an activating group) is 1. The van der Waals surface area contributed by atoms with E-state index in [0.717, 1.165) is 43.4 Å². The third kappa shape index (κ3) is 3.50. The summed E-state index contributed by atoms with van der Waals surface area (Å²) < 4.78 is 12.0. The highest BCUT2D eigenvalue weighted by Crippen LogP contribution is 2.64. The lowest BCUT2D eigenvalue weighted by atomic mass is 9.50. The van der Waals surface area contributed by atoms with Gasteiger partial charge in [-0.15, -0.1) is 0 Å². The molecule has 2 aliphatic heterocycles. The third-order valence-electron chi connectivity index (χ3n) is 8.22. The molecule has 2 fully saturated rings. The predicted molar refractivity (Wildman–Crippen MR) is 123 cm³/mol. The van der Waals surface area contributed by atoms with Gasteiger partial charge in [0.15, 0.2) is 11.5 Å². The molecule has 33 heavy (non-hydrogen) atoms. The number of hydrogen-bond acceptors (Lipinski definition) is 6. The molecule has 2 bridgehead atoms. The van der Waals surface area contributed by atoms with E-state index in [4.69, 9.17) is 9.47 Å². The Kier molecular flexibility index (Phi) is 5.20. The lowest BCUT2D eigenvalue weighted by Crippen LogP contribution is -2.68. The van der Waals surface area contributed by atoms with Crippen molar-refractivity contribution in [1.82, 2.24) is 10.2 Å². The van der Waals surface area contributed by atoms with Crippen LogP contribution in [0.3, 0.4) is 0 Å². The largest absolute Gasteiger partial charge is 0.504 e. The van der Waals surface area contributed by atoms with Crippen LogP contribution in [0.25, 0.3) is 0 Å². The summed E-state index contributed by atoms with van der Waals surface area (Å²) >= 11 is 0. The zero-order valence-electron chi connectivity index (χ0n) is 20.4. The SMILES string of the molecule is CC(=O)N[C@H]1CCC2[C@H]3Cc4c(CCC(=O)OC(C)(C)C)cc(O)c5c4[C@@]2(CCN3C)[C@H]1O5. The van der Waals surface area contributed by atoms with Gasteiger partial charge < -0.3 is 24.8 Å². The molecular weight excluding hydrogens is 420 g/mol. The smallest absolute Gasteiger partial charge is 0.306 e. The predicted octanol–water partition coefficient (Wildman–Crippen LogP) is 2.84. The molecule has 2 N–H and O–H groups in total. The van der Waals surface area contributed by atoms with E-state index in [1.165, 1.54) is 5.56 Å². The van der Waals surface area contributed by atoms with Crippen LogP contribution in [0.1, 0.15) is 70.1 Å². The molecule has 7 nitrogen and oxygen atoms in total. The van der Waals surface area contributed by atoms with Gasteiger partial charge in [-0.2, -0.15) is 0 Å². The summed E-state index contributed by atoms with van der Waals surface area (Å²) in [5.41, 5.74) is 2.67. The number of aromatic hydroxyl groups is 1. The molecule has 1 spiro atoms. The van der Waals surface area contributed by atoms with Crippen LogP contribution < -0.4 is 10.1 Å². The molecule has 1 saturated carbocycles. The van der Waals surface area contributed by atoms with Crippen molar-refractivity contribution < 1.29 is 24.2 Å². The standard InChI is InChI=1S/C26H36N2O5/c1-14(29)27-18-8-7-17-19-13-16-15(6-9-21(31)33-25(2,3)4)12-20(30)23-22(16)26(17,24(18)32-23)10-11-28(19)5/h12,17-19,24,30H,6-11,13H2,1-5H3,(H,27,29)/t17?,18-,19+,24-,26-/m0/s1. The highest BCUT2D eigenvalue weighted by Gasteiger charge is 2.65. The van der Waals surface area contributed by atoms with Gasteiger partial charge in [0.1, 0.15) is 11.7 Å². The van der Waals surface area contributed by atoms with E-state index >= 15 is 0 Å². The zero-order valence-corrected chi connectivity index (χ0v) is 20.4. The molecule has 2 heterocycles. The first-order valence-corrected chi connectivity index (χ1v) is 12.3. The van der Waals surface area contributed by atoms with E-state index in [9.17, 15) is 14.7 Å². The number of nitrogens with zero attached hydrogens (tertiary/aromatic N) is 1. The average Bonchev–Trinajstić information content (AvgIpc) is 3.05. The second-order valence-corrected chi connectivity index (χ2v) is 11.4. The first-order valence-electron chi connectivity index (χ1n) is 12.3. The van der Waals surface area contributed by atoms with Crippen molar-refractivity contribution in [2.45, 2.75) is 95.4 Å². The van der Waals surface area contributed by atoms with Crippen LogP contribution in [0.2, 0.25) is 0 Å². The summed E-state index contributed by atoms with van der Waals surface area (Å²) in [5, 5.41) is 14.2. The number of hydrogen-bond donors (Lipinski definition) is 2. The Morgan fingerprint density at radius 3 is 2.79 bits per heavy atom. The van der Waals surface area contributed by atoms with Crippen LogP contribution in [-0.4, -0.2) is 59.3 Å². The monoisotopic (exact) mass is 456 g/mol. The molecular formula is C26H36N2O5. The molecule has 5 rings (SSSR count). The van der Waals surface area contributed by atoms with Gasteiger partial charge in [-0.25, -0.2) is 0 Å². The third-order valence-corrected chi connectivity index (χ3v) is 8.22. The fourth-order valence-electron chi connectivity index (χ4n) is 7.16. The summed E-state index contributed by atoms with van der Waals surface area (Å²) in [7, 11) is 2.20. The van der Waals surface area contributed by atoms with Crippen molar-refractivity contribution in [3.63, 3.8) is 0 Å². The van der Waals surface area contributed by atoms with Crippen LogP contribution in [-0.2, 0) is 32.6 Å². The Hall–Kier alpha value is -2.28. The van der Waals surface area contributed by atoms with Crippen LogP contribution in [0.5, 0.6) is 11.5 Å². The van der Waals surface area contributed by atoms with Crippen molar-refractivity contribution >= 4 is 11.9 Å². The number of likely N-dealkylation sites (tertiary alicyclic amines) is 1. The molecule has 7 heteroatoms. The molecule has 180 valence electrons. The van der Waals surface area contributed by atoms with Crippen LogP contribution in [0.4, 0.5) is 0 Å². The van der Waals surface area contributed by atoms with Crippen molar-refractivity contribution in [1.29, 1.82) is 0 Å².